The smallest absolute Gasteiger partial charge is 0.262 e. The van der Waals surface area contributed by atoms with Gasteiger partial charge in [0.05, 0.1) is 11.6 Å². The van der Waals surface area contributed by atoms with Crippen LogP contribution in [-0.2, 0) is 4.79 Å². The summed E-state index contributed by atoms with van der Waals surface area (Å²) in [5, 5.41) is 11.6. The van der Waals surface area contributed by atoms with Gasteiger partial charge in [-0.2, -0.15) is 5.26 Å². The fourth-order valence-electron chi connectivity index (χ4n) is 1.73. The number of nitrogens with one attached hydrogen (secondary N) is 1. The lowest BCUT2D eigenvalue weighted by molar-refractivity contribution is -0.118. The molecule has 0 saturated heterocycles. The molecule has 0 aromatic heterocycles. The summed E-state index contributed by atoms with van der Waals surface area (Å²) in [6.07, 6.45) is 0. The molecule has 5 heteroatoms. The average Bonchev–Trinajstić information content (AvgIpc) is 2.46. The SMILES string of the molecule is Cc1ccc(C#N)cc1OCC(=O)Nc1cccc(Br)c1. The Morgan fingerprint density at radius 2 is 2.14 bits per heavy atom. The van der Waals surface area contributed by atoms with E-state index in [1.807, 2.05) is 25.1 Å². The molecule has 0 fully saturated rings. The normalized spacial score (nSPS) is 9.76. The molecular weight excluding hydrogens is 332 g/mol. The molecule has 2 aromatic carbocycles. The summed E-state index contributed by atoms with van der Waals surface area (Å²) >= 11 is 3.34. The van der Waals surface area contributed by atoms with Crippen molar-refractivity contribution in [2.24, 2.45) is 0 Å². The standard InChI is InChI=1S/C16H13BrN2O2/c1-11-5-6-12(9-18)7-15(11)21-10-16(20)19-14-4-2-3-13(17)8-14/h2-8H,10H2,1H3,(H,19,20). The topological polar surface area (TPSA) is 62.1 Å². The van der Waals surface area contributed by atoms with Gasteiger partial charge in [-0.25, -0.2) is 0 Å². The Bertz CT molecular complexity index is 708. The van der Waals surface area contributed by atoms with E-state index in [0.717, 1.165) is 10.0 Å². The number of carbonyl (C=O) groups is 1. The molecule has 0 aliphatic rings. The summed E-state index contributed by atoms with van der Waals surface area (Å²) in [6.45, 7) is 1.75. The van der Waals surface area contributed by atoms with E-state index < -0.39 is 0 Å². The van der Waals surface area contributed by atoms with E-state index in [1.54, 1.807) is 30.3 Å². The van der Waals surface area contributed by atoms with Gasteiger partial charge in [0.1, 0.15) is 5.75 Å². The van der Waals surface area contributed by atoms with Gasteiger partial charge in [0, 0.05) is 10.2 Å². The summed E-state index contributed by atoms with van der Waals surface area (Å²) in [5.74, 6) is 0.285. The molecule has 0 unspecified atom stereocenters. The lowest BCUT2D eigenvalue weighted by Gasteiger charge is -2.10. The van der Waals surface area contributed by atoms with Crippen molar-refractivity contribution in [3.63, 3.8) is 0 Å². The molecule has 106 valence electrons. The van der Waals surface area contributed by atoms with Crippen LogP contribution in [0.15, 0.2) is 46.9 Å². The Balaban J connectivity index is 1.97. The highest BCUT2D eigenvalue weighted by Gasteiger charge is 2.06. The van der Waals surface area contributed by atoms with E-state index in [-0.39, 0.29) is 12.5 Å². The van der Waals surface area contributed by atoms with Gasteiger partial charge in [-0.3, -0.25) is 4.79 Å². The van der Waals surface area contributed by atoms with Gasteiger partial charge in [-0.15, -0.1) is 0 Å². The van der Waals surface area contributed by atoms with Gasteiger partial charge in [0.15, 0.2) is 6.61 Å². The minimum Gasteiger partial charge on any atom is -0.483 e. The first-order valence-corrected chi connectivity index (χ1v) is 7.07. The summed E-state index contributed by atoms with van der Waals surface area (Å²) in [6, 6.07) is 14.5. The number of nitrogens with zero attached hydrogens (tertiary/aromatic N) is 1. The maximum absolute atomic E-state index is 11.8. The molecule has 21 heavy (non-hydrogen) atoms. The lowest BCUT2D eigenvalue weighted by Crippen LogP contribution is -2.20. The van der Waals surface area contributed by atoms with Crippen molar-refractivity contribution in [2.45, 2.75) is 6.92 Å². The van der Waals surface area contributed by atoms with Crippen molar-refractivity contribution in [1.82, 2.24) is 0 Å². The van der Waals surface area contributed by atoms with E-state index in [9.17, 15) is 4.79 Å². The minimum absolute atomic E-state index is 0.109. The van der Waals surface area contributed by atoms with Crippen LogP contribution >= 0.6 is 15.9 Å². The summed E-state index contributed by atoms with van der Waals surface area (Å²) in [7, 11) is 0. The van der Waals surface area contributed by atoms with Gasteiger partial charge < -0.3 is 10.1 Å². The zero-order valence-electron chi connectivity index (χ0n) is 11.4. The van der Waals surface area contributed by atoms with Crippen LogP contribution in [0.1, 0.15) is 11.1 Å². The predicted molar refractivity (Wildman–Crippen MR) is 84.2 cm³/mol. The highest BCUT2D eigenvalue weighted by molar-refractivity contribution is 9.10. The molecule has 0 radical (unpaired) electrons. The van der Waals surface area contributed by atoms with Crippen molar-refractivity contribution < 1.29 is 9.53 Å². The van der Waals surface area contributed by atoms with Crippen LogP contribution in [0.25, 0.3) is 0 Å². The van der Waals surface area contributed by atoms with Crippen LogP contribution in [0.4, 0.5) is 5.69 Å². The van der Waals surface area contributed by atoms with Crippen LogP contribution < -0.4 is 10.1 Å². The fourth-order valence-corrected chi connectivity index (χ4v) is 2.13. The first-order chi connectivity index (χ1) is 10.1. The highest BCUT2D eigenvalue weighted by atomic mass is 79.9. The first kappa shape index (κ1) is 15.1. The Morgan fingerprint density at radius 3 is 2.86 bits per heavy atom. The molecule has 2 rings (SSSR count). The third-order valence-electron chi connectivity index (χ3n) is 2.78. The first-order valence-electron chi connectivity index (χ1n) is 6.27. The van der Waals surface area contributed by atoms with Crippen molar-refractivity contribution in [3.8, 4) is 11.8 Å². The number of halogens is 1. The number of nitriles is 1. The molecule has 0 bridgehead atoms. The summed E-state index contributed by atoms with van der Waals surface area (Å²) < 4.78 is 6.36. The average molecular weight is 345 g/mol. The number of ether oxygens (including phenoxy) is 1. The van der Waals surface area contributed by atoms with Crippen LogP contribution in [0.3, 0.4) is 0 Å². The van der Waals surface area contributed by atoms with E-state index in [2.05, 4.69) is 21.2 Å². The fraction of sp³-hybridized carbons (Fsp3) is 0.125. The van der Waals surface area contributed by atoms with Gasteiger partial charge in [0.2, 0.25) is 0 Å². The molecule has 0 saturated carbocycles. The highest BCUT2D eigenvalue weighted by Crippen LogP contribution is 2.19. The van der Waals surface area contributed by atoms with Crippen LogP contribution in [-0.4, -0.2) is 12.5 Å². The van der Waals surface area contributed by atoms with Crippen LogP contribution in [0.2, 0.25) is 0 Å². The molecule has 0 aliphatic carbocycles. The third kappa shape index (κ3) is 4.33. The molecule has 1 N–H and O–H groups in total. The quantitative estimate of drug-likeness (QED) is 0.920. The Hall–Kier alpha value is -2.32. The molecule has 0 spiro atoms. The summed E-state index contributed by atoms with van der Waals surface area (Å²) in [5.41, 5.74) is 2.08. The second kappa shape index (κ2) is 6.91. The number of hydrogen-bond acceptors (Lipinski definition) is 3. The van der Waals surface area contributed by atoms with Gasteiger partial charge in [0.25, 0.3) is 5.91 Å². The van der Waals surface area contributed by atoms with Gasteiger partial charge in [-0.05, 0) is 42.8 Å². The largest absolute Gasteiger partial charge is 0.483 e. The third-order valence-corrected chi connectivity index (χ3v) is 3.28. The number of hydrogen-bond donors (Lipinski definition) is 1. The minimum atomic E-state index is -0.255. The van der Waals surface area contributed by atoms with E-state index >= 15 is 0 Å². The van der Waals surface area contributed by atoms with Crippen molar-refractivity contribution in [3.05, 3.63) is 58.1 Å². The Morgan fingerprint density at radius 1 is 1.33 bits per heavy atom. The Kier molecular flexibility index (Phi) is 4.96. The number of rotatable bonds is 4. The van der Waals surface area contributed by atoms with Crippen LogP contribution in [0, 0.1) is 18.3 Å². The lowest BCUT2D eigenvalue weighted by atomic mass is 10.1. The van der Waals surface area contributed by atoms with E-state index in [1.165, 1.54) is 0 Å². The second-order valence-corrected chi connectivity index (χ2v) is 5.35. The van der Waals surface area contributed by atoms with Crippen LogP contribution in [0.5, 0.6) is 5.75 Å². The number of anilines is 1. The monoisotopic (exact) mass is 344 g/mol. The molecular formula is C16H13BrN2O2. The Labute approximate surface area is 131 Å². The molecule has 0 aliphatic heterocycles. The molecule has 1 amide bonds. The number of amides is 1. The number of carbonyl (C=O) groups excluding carboxylic acids is 1. The zero-order valence-corrected chi connectivity index (χ0v) is 13.0. The van der Waals surface area contributed by atoms with Crippen molar-refractivity contribution in [2.75, 3.05) is 11.9 Å². The summed E-state index contributed by atoms with van der Waals surface area (Å²) in [4.78, 5) is 11.8. The molecule has 4 nitrogen and oxygen atoms in total. The van der Waals surface area contributed by atoms with E-state index in [0.29, 0.717) is 17.0 Å². The number of aryl methyl sites for hydroxylation is 1. The predicted octanol–water partition coefficient (Wildman–Crippen LogP) is 3.65. The van der Waals surface area contributed by atoms with Crippen molar-refractivity contribution >= 4 is 27.5 Å². The van der Waals surface area contributed by atoms with E-state index in [4.69, 9.17) is 10.00 Å². The van der Waals surface area contributed by atoms with Gasteiger partial charge in [-0.1, -0.05) is 28.1 Å². The maximum atomic E-state index is 11.8. The number of benzene rings is 2. The molecule has 0 atom stereocenters. The maximum Gasteiger partial charge on any atom is 0.262 e. The van der Waals surface area contributed by atoms with Gasteiger partial charge >= 0.3 is 0 Å². The second-order valence-electron chi connectivity index (χ2n) is 4.44. The van der Waals surface area contributed by atoms with Crippen molar-refractivity contribution in [1.29, 1.82) is 5.26 Å². The molecule has 2 aromatic rings. The molecule has 0 heterocycles. The zero-order chi connectivity index (χ0) is 15.2.